The molecule has 1 aromatic heterocycles. The molecule has 0 bridgehead atoms. The molecule has 1 saturated heterocycles. The Labute approximate surface area is 143 Å². The van der Waals surface area contributed by atoms with Crippen LogP contribution < -0.4 is 10.1 Å². The van der Waals surface area contributed by atoms with Crippen molar-refractivity contribution in [1.82, 2.24) is 15.2 Å². The Hall–Kier alpha value is -2.31. The fourth-order valence-electron chi connectivity index (χ4n) is 2.73. The van der Waals surface area contributed by atoms with E-state index in [0.717, 1.165) is 44.1 Å². The quantitative estimate of drug-likeness (QED) is 0.499. The molecular weight excluding hydrogens is 308 g/mol. The van der Waals surface area contributed by atoms with E-state index >= 15 is 0 Å². The Bertz CT molecular complexity index is 569. The maximum atomic E-state index is 11.6. The molecule has 0 amide bonds. The van der Waals surface area contributed by atoms with E-state index in [4.69, 9.17) is 9.47 Å². The van der Waals surface area contributed by atoms with Crippen molar-refractivity contribution in [3.8, 4) is 5.88 Å². The van der Waals surface area contributed by atoms with Gasteiger partial charge in [0.1, 0.15) is 0 Å². The molecule has 1 aliphatic heterocycles. The summed E-state index contributed by atoms with van der Waals surface area (Å²) in [6.45, 7) is 4.90. The topological polar surface area (TPSA) is 76.1 Å². The Morgan fingerprint density at radius 3 is 2.75 bits per heavy atom. The predicted octanol–water partition coefficient (Wildman–Crippen LogP) is 1.44. The molecule has 1 N–H and O–H groups in total. The summed E-state index contributed by atoms with van der Waals surface area (Å²) in [6, 6.07) is 5.65. The molecule has 2 heterocycles. The number of nitrogens with one attached hydrogen (secondary N) is 1. The molecule has 0 saturated carbocycles. The number of esters is 1. The first-order valence-electron chi connectivity index (χ1n) is 8.29. The third-order valence-corrected chi connectivity index (χ3v) is 4.05. The molecule has 0 aromatic carbocycles. The number of guanidine groups is 1. The number of likely N-dealkylation sites (tertiary alicyclic amines) is 1. The second kappa shape index (κ2) is 9.10. The van der Waals surface area contributed by atoms with E-state index in [2.05, 4.69) is 20.2 Å². The molecule has 24 heavy (non-hydrogen) atoms. The number of hydrogen-bond donors (Lipinski definition) is 1. The molecule has 0 atom stereocenters. The molecular formula is C17H26N4O3. The van der Waals surface area contributed by atoms with E-state index < -0.39 is 0 Å². The second-order valence-electron chi connectivity index (χ2n) is 5.63. The van der Waals surface area contributed by atoms with Gasteiger partial charge in [-0.05, 0) is 25.8 Å². The highest BCUT2D eigenvalue weighted by molar-refractivity contribution is 5.80. The average molecular weight is 334 g/mol. The van der Waals surface area contributed by atoms with Crippen molar-refractivity contribution in [1.29, 1.82) is 0 Å². The van der Waals surface area contributed by atoms with Crippen molar-refractivity contribution in [3.63, 3.8) is 0 Å². The molecule has 0 radical (unpaired) electrons. The van der Waals surface area contributed by atoms with Crippen LogP contribution in [0.1, 0.15) is 25.5 Å². The van der Waals surface area contributed by atoms with E-state index in [1.165, 1.54) is 7.11 Å². The van der Waals surface area contributed by atoms with Gasteiger partial charge >= 0.3 is 5.97 Å². The monoisotopic (exact) mass is 334 g/mol. The summed E-state index contributed by atoms with van der Waals surface area (Å²) in [4.78, 5) is 22.9. The van der Waals surface area contributed by atoms with Crippen LogP contribution in [0.5, 0.6) is 5.88 Å². The lowest BCUT2D eigenvalue weighted by Crippen LogP contribution is -2.46. The van der Waals surface area contributed by atoms with Crippen LogP contribution in [-0.4, -0.2) is 55.7 Å². The summed E-state index contributed by atoms with van der Waals surface area (Å²) in [5, 5.41) is 3.31. The van der Waals surface area contributed by atoms with E-state index in [1.54, 1.807) is 7.11 Å². The lowest BCUT2D eigenvalue weighted by atomic mass is 9.97. The highest BCUT2D eigenvalue weighted by Crippen LogP contribution is 2.18. The third kappa shape index (κ3) is 4.84. The van der Waals surface area contributed by atoms with Crippen LogP contribution in [0.3, 0.4) is 0 Å². The highest BCUT2D eigenvalue weighted by atomic mass is 16.5. The number of hydrogen-bond acceptors (Lipinski definition) is 5. The van der Waals surface area contributed by atoms with Gasteiger partial charge in [-0.2, -0.15) is 0 Å². The largest absolute Gasteiger partial charge is 0.481 e. The number of aromatic nitrogens is 1. The number of ether oxygens (including phenoxy) is 2. The van der Waals surface area contributed by atoms with Gasteiger partial charge in [0.25, 0.3) is 0 Å². The van der Waals surface area contributed by atoms with Gasteiger partial charge in [0.15, 0.2) is 5.96 Å². The van der Waals surface area contributed by atoms with E-state index in [9.17, 15) is 4.79 Å². The van der Waals surface area contributed by atoms with Crippen molar-refractivity contribution >= 4 is 11.9 Å². The lowest BCUT2D eigenvalue weighted by Gasteiger charge is -2.33. The Balaban J connectivity index is 1.99. The first-order valence-corrected chi connectivity index (χ1v) is 8.29. The van der Waals surface area contributed by atoms with Crippen molar-refractivity contribution in [2.45, 2.75) is 26.3 Å². The number of carbonyl (C=O) groups excluding carboxylic acids is 1. The summed E-state index contributed by atoms with van der Waals surface area (Å²) >= 11 is 0. The minimum absolute atomic E-state index is 0.00539. The molecule has 132 valence electrons. The molecule has 2 rings (SSSR count). The minimum Gasteiger partial charge on any atom is -0.481 e. The normalized spacial score (nSPS) is 16.0. The maximum absolute atomic E-state index is 11.6. The minimum atomic E-state index is -0.114. The van der Waals surface area contributed by atoms with Gasteiger partial charge in [-0.1, -0.05) is 6.07 Å². The standard InChI is InChI=1S/C17H26N4O3/c1-4-18-17(19-12-14-6-5-7-15(20-14)23-2)21-10-8-13(9-11-21)16(22)24-3/h5-7,13H,4,8-12H2,1-3H3,(H,18,19). The van der Waals surface area contributed by atoms with Crippen LogP contribution in [-0.2, 0) is 16.1 Å². The van der Waals surface area contributed by atoms with E-state index in [0.29, 0.717) is 12.4 Å². The van der Waals surface area contributed by atoms with Crippen molar-refractivity contribution in [3.05, 3.63) is 23.9 Å². The predicted molar refractivity (Wildman–Crippen MR) is 91.9 cm³/mol. The summed E-state index contributed by atoms with van der Waals surface area (Å²) in [5.41, 5.74) is 0.856. The van der Waals surface area contributed by atoms with Gasteiger partial charge in [-0.25, -0.2) is 9.98 Å². The number of methoxy groups -OCH3 is 2. The van der Waals surface area contributed by atoms with Crippen LogP contribution >= 0.6 is 0 Å². The Kier molecular flexibility index (Phi) is 6.84. The van der Waals surface area contributed by atoms with Crippen LogP contribution in [0.15, 0.2) is 23.2 Å². The van der Waals surface area contributed by atoms with Crippen LogP contribution in [0.4, 0.5) is 0 Å². The maximum Gasteiger partial charge on any atom is 0.308 e. The van der Waals surface area contributed by atoms with E-state index in [-0.39, 0.29) is 11.9 Å². The molecule has 1 aliphatic rings. The first kappa shape index (κ1) is 18.0. The summed E-state index contributed by atoms with van der Waals surface area (Å²) in [5.74, 6) is 1.32. The molecule has 0 aliphatic carbocycles. The molecule has 1 aromatic rings. The van der Waals surface area contributed by atoms with Crippen LogP contribution in [0.2, 0.25) is 0 Å². The molecule has 0 spiro atoms. The lowest BCUT2D eigenvalue weighted by molar-refractivity contribution is -0.146. The zero-order chi connectivity index (χ0) is 17.4. The zero-order valence-corrected chi connectivity index (χ0v) is 14.6. The Morgan fingerprint density at radius 2 is 2.12 bits per heavy atom. The highest BCUT2D eigenvalue weighted by Gasteiger charge is 2.26. The third-order valence-electron chi connectivity index (χ3n) is 4.05. The SMILES string of the molecule is CCNC(=NCc1cccc(OC)n1)N1CCC(C(=O)OC)CC1. The van der Waals surface area contributed by atoms with Gasteiger partial charge in [0.2, 0.25) is 5.88 Å². The summed E-state index contributed by atoms with van der Waals surface area (Å²) in [6.07, 6.45) is 1.57. The number of piperidine rings is 1. The number of carbonyl (C=O) groups is 1. The fraction of sp³-hybridized carbons (Fsp3) is 0.588. The molecule has 7 heteroatoms. The molecule has 7 nitrogen and oxygen atoms in total. The number of aliphatic imine (C=N–C) groups is 1. The first-order chi connectivity index (χ1) is 11.7. The van der Waals surface area contributed by atoms with Gasteiger partial charge in [0.05, 0.1) is 32.4 Å². The summed E-state index contributed by atoms with van der Waals surface area (Å²) in [7, 11) is 3.05. The molecule has 0 unspecified atom stereocenters. The van der Waals surface area contributed by atoms with Crippen LogP contribution in [0, 0.1) is 5.92 Å². The number of rotatable bonds is 5. The fourth-order valence-corrected chi connectivity index (χ4v) is 2.73. The van der Waals surface area contributed by atoms with Crippen molar-refractivity contribution in [2.75, 3.05) is 33.9 Å². The van der Waals surface area contributed by atoms with Crippen LogP contribution in [0.25, 0.3) is 0 Å². The molecule has 1 fully saturated rings. The van der Waals surface area contributed by atoms with Gasteiger partial charge in [-0.3, -0.25) is 4.79 Å². The number of nitrogens with zero attached hydrogens (tertiary/aromatic N) is 3. The average Bonchev–Trinajstić information content (AvgIpc) is 2.64. The van der Waals surface area contributed by atoms with Gasteiger partial charge in [0, 0.05) is 25.7 Å². The smallest absolute Gasteiger partial charge is 0.308 e. The summed E-state index contributed by atoms with van der Waals surface area (Å²) < 4.78 is 9.98. The zero-order valence-electron chi connectivity index (χ0n) is 14.6. The van der Waals surface area contributed by atoms with Gasteiger partial charge in [-0.15, -0.1) is 0 Å². The van der Waals surface area contributed by atoms with Crippen molar-refractivity contribution < 1.29 is 14.3 Å². The van der Waals surface area contributed by atoms with Gasteiger partial charge < -0.3 is 19.7 Å². The van der Waals surface area contributed by atoms with E-state index in [1.807, 2.05) is 25.1 Å². The number of pyridine rings is 1. The van der Waals surface area contributed by atoms with Crippen molar-refractivity contribution in [2.24, 2.45) is 10.9 Å². The Morgan fingerprint density at radius 1 is 1.38 bits per heavy atom. The second-order valence-corrected chi connectivity index (χ2v) is 5.63.